The maximum atomic E-state index is 11.3. The van der Waals surface area contributed by atoms with E-state index in [0.29, 0.717) is 18.9 Å². The van der Waals surface area contributed by atoms with Crippen molar-refractivity contribution in [2.75, 3.05) is 6.54 Å². The highest BCUT2D eigenvalue weighted by molar-refractivity contribution is 5.87. The number of carbonyl (C=O) groups excluding carboxylic acids is 1. The fourth-order valence-electron chi connectivity index (χ4n) is 1.45. The quantitative estimate of drug-likeness (QED) is 0.434. The van der Waals surface area contributed by atoms with Gasteiger partial charge in [-0.1, -0.05) is 40.0 Å². The van der Waals surface area contributed by atoms with Gasteiger partial charge in [0, 0.05) is 12.6 Å². The van der Waals surface area contributed by atoms with Crippen molar-refractivity contribution in [1.29, 1.82) is 0 Å². The van der Waals surface area contributed by atoms with Gasteiger partial charge in [0.05, 0.1) is 12.2 Å². The highest BCUT2D eigenvalue weighted by atomic mass is 16.3. The lowest BCUT2D eigenvalue weighted by molar-refractivity contribution is -0.116. The molecular formula is C14H27NO3. The Labute approximate surface area is 110 Å². The first-order chi connectivity index (χ1) is 8.47. The summed E-state index contributed by atoms with van der Waals surface area (Å²) >= 11 is 0. The van der Waals surface area contributed by atoms with Crippen LogP contribution in [0.5, 0.6) is 0 Å². The average Bonchev–Trinajstić information content (AvgIpc) is 2.33. The average molecular weight is 257 g/mol. The van der Waals surface area contributed by atoms with Crippen molar-refractivity contribution in [2.45, 2.75) is 58.7 Å². The molecule has 0 aromatic carbocycles. The van der Waals surface area contributed by atoms with Gasteiger partial charge >= 0.3 is 0 Å². The molecule has 106 valence electrons. The van der Waals surface area contributed by atoms with Gasteiger partial charge in [0.2, 0.25) is 5.91 Å². The van der Waals surface area contributed by atoms with Gasteiger partial charge in [-0.2, -0.15) is 0 Å². The zero-order chi connectivity index (χ0) is 14.0. The van der Waals surface area contributed by atoms with Crippen molar-refractivity contribution in [3.63, 3.8) is 0 Å². The molecule has 4 heteroatoms. The number of unbranched alkanes of at least 4 members (excludes halogenated alkanes) is 2. The third-order valence-electron chi connectivity index (χ3n) is 2.63. The smallest absolute Gasteiger partial charge is 0.243 e. The predicted octanol–water partition coefficient (Wildman–Crippen LogP) is 1.62. The molecular weight excluding hydrogens is 230 g/mol. The summed E-state index contributed by atoms with van der Waals surface area (Å²) in [5.41, 5.74) is 0. The van der Waals surface area contributed by atoms with Crippen LogP contribution in [0.3, 0.4) is 0 Å². The summed E-state index contributed by atoms with van der Waals surface area (Å²) in [7, 11) is 0. The Morgan fingerprint density at radius 1 is 1.28 bits per heavy atom. The van der Waals surface area contributed by atoms with E-state index >= 15 is 0 Å². The fraction of sp³-hybridized carbons (Fsp3) is 0.786. The number of hydrogen-bond acceptors (Lipinski definition) is 3. The van der Waals surface area contributed by atoms with Gasteiger partial charge < -0.3 is 15.5 Å². The molecule has 18 heavy (non-hydrogen) atoms. The van der Waals surface area contributed by atoms with Gasteiger partial charge in [0.15, 0.2) is 0 Å². The number of amides is 1. The SMILES string of the molecule is CCCCCC(O)C(O)C=CC(=O)NCC(C)C. The molecule has 0 bridgehead atoms. The highest BCUT2D eigenvalue weighted by Crippen LogP contribution is 2.07. The molecule has 0 aliphatic rings. The monoisotopic (exact) mass is 257 g/mol. The number of hydrogen-bond donors (Lipinski definition) is 3. The van der Waals surface area contributed by atoms with Crippen LogP contribution in [-0.4, -0.2) is 34.9 Å². The van der Waals surface area contributed by atoms with Gasteiger partial charge in [0.1, 0.15) is 0 Å². The van der Waals surface area contributed by atoms with Crippen molar-refractivity contribution in [3.05, 3.63) is 12.2 Å². The number of nitrogens with one attached hydrogen (secondary N) is 1. The summed E-state index contributed by atoms with van der Waals surface area (Å²) in [4.78, 5) is 11.3. The molecule has 0 aromatic rings. The largest absolute Gasteiger partial charge is 0.390 e. The Hall–Kier alpha value is -0.870. The molecule has 0 fully saturated rings. The minimum Gasteiger partial charge on any atom is -0.390 e. The van der Waals surface area contributed by atoms with E-state index < -0.39 is 12.2 Å². The lowest BCUT2D eigenvalue weighted by Gasteiger charge is -2.14. The van der Waals surface area contributed by atoms with Crippen LogP contribution < -0.4 is 5.32 Å². The Morgan fingerprint density at radius 2 is 1.94 bits per heavy atom. The van der Waals surface area contributed by atoms with E-state index in [-0.39, 0.29) is 5.91 Å². The molecule has 0 saturated carbocycles. The zero-order valence-corrected chi connectivity index (χ0v) is 11.7. The van der Waals surface area contributed by atoms with E-state index in [1.165, 1.54) is 12.2 Å². The van der Waals surface area contributed by atoms with E-state index in [4.69, 9.17) is 0 Å². The van der Waals surface area contributed by atoms with E-state index in [0.717, 1.165) is 19.3 Å². The van der Waals surface area contributed by atoms with Gasteiger partial charge in [-0.05, 0) is 18.4 Å². The second kappa shape index (κ2) is 10.1. The van der Waals surface area contributed by atoms with Gasteiger partial charge in [0.25, 0.3) is 0 Å². The molecule has 1 amide bonds. The normalized spacial score (nSPS) is 15.0. The molecule has 0 aliphatic heterocycles. The summed E-state index contributed by atoms with van der Waals surface area (Å²) in [6.45, 7) is 6.72. The standard InChI is InChI=1S/C14H27NO3/c1-4-5-6-7-12(16)13(17)8-9-14(18)15-10-11(2)3/h8-9,11-13,16-17H,4-7,10H2,1-3H3,(H,15,18). The molecule has 0 aliphatic carbocycles. The minimum absolute atomic E-state index is 0.233. The van der Waals surface area contributed by atoms with Crippen molar-refractivity contribution < 1.29 is 15.0 Å². The Morgan fingerprint density at radius 3 is 2.50 bits per heavy atom. The minimum atomic E-state index is -0.966. The van der Waals surface area contributed by atoms with Crippen LogP contribution in [0.4, 0.5) is 0 Å². The maximum Gasteiger partial charge on any atom is 0.243 e. The molecule has 0 rings (SSSR count). The van der Waals surface area contributed by atoms with Crippen LogP contribution in [0, 0.1) is 5.92 Å². The van der Waals surface area contributed by atoms with Crippen molar-refractivity contribution in [3.8, 4) is 0 Å². The molecule has 2 atom stereocenters. The number of aliphatic hydroxyl groups excluding tert-OH is 2. The summed E-state index contributed by atoms with van der Waals surface area (Å²) in [6.07, 6.45) is 4.47. The molecule has 0 saturated heterocycles. The topological polar surface area (TPSA) is 69.6 Å². The molecule has 4 nitrogen and oxygen atoms in total. The zero-order valence-electron chi connectivity index (χ0n) is 11.7. The second-order valence-electron chi connectivity index (χ2n) is 5.05. The Kier molecular flexibility index (Phi) is 9.60. The van der Waals surface area contributed by atoms with E-state index in [1.807, 2.05) is 13.8 Å². The third-order valence-corrected chi connectivity index (χ3v) is 2.63. The molecule has 0 radical (unpaired) electrons. The van der Waals surface area contributed by atoms with Crippen molar-refractivity contribution in [2.24, 2.45) is 5.92 Å². The van der Waals surface area contributed by atoms with Gasteiger partial charge in [-0.15, -0.1) is 0 Å². The van der Waals surface area contributed by atoms with E-state index in [2.05, 4.69) is 12.2 Å². The summed E-state index contributed by atoms with van der Waals surface area (Å²) < 4.78 is 0. The molecule has 2 unspecified atom stereocenters. The highest BCUT2D eigenvalue weighted by Gasteiger charge is 2.12. The van der Waals surface area contributed by atoms with Crippen LogP contribution in [0.2, 0.25) is 0 Å². The van der Waals surface area contributed by atoms with Crippen LogP contribution in [-0.2, 0) is 4.79 Å². The van der Waals surface area contributed by atoms with Crippen LogP contribution in [0.1, 0.15) is 46.5 Å². The first-order valence-electron chi connectivity index (χ1n) is 6.79. The number of rotatable bonds is 9. The third kappa shape index (κ3) is 9.19. The lowest BCUT2D eigenvalue weighted by atomic mass is 10.1. The van der Waals surface area contributed by atoms with Crippen LogP contribution >= 0.6 is 0 Å². The Bertz CT molecular complexity index is 251. The van der Waals surface area contributed by atoms with Gasteiger partial charge in [-0.3, -0.25) is 4.79 Å². The number of aliphatic hydroxyl groups is 2. The molecule has 0 aromatic heterocycles. The maximum absolute atomic E-state index is 11.3. The number of carbonyl (C=O) groups is 1. The van der Waals surface area contributed by atoms with Gasteiger partial charge in [-0.25, -0.2) is 0 Å². The lowest BCUT2D eigenvalue weighted by Crippen LogP contribution is -2.27. The second-order valence-corrected chi connectivity index (χ2v) is 5.05. The molecule has 0 heterocycles. The van der Waals surface area contributed by atoms with Crippen LogP contribution in [0.15, 0.2) is 12.2 Å². The predicted molar refractivity (Wildman–Crippen MR) is 73.1 cm³/mol. The summed E-state index contributed by atoms with van der Waals surface area (Å²) in [6, 6.07) is 0. The first kappa shape index (κ1) is 17.1. The molecule has 0 spiro atoms. The molecule has 3 N–H and O–H groups in total. The van der Waals surface area contributed by atoms with Crippen molar-refractivity contribution in [1.82, 2.24) is 5.32 Å². The Balaban J connectivity index is 3.89. The fourth-order valence-corrected chi connectivity index (χ4v) is 1.45. The first-order valence-corrected chi connectivity index (χ1v) is 6.79. The van der Waals surface area contributed by atoms with Crippen molar-refractivity contribution >= 4 is 5.91 Å². The summed E-state index contributed by atoms with van der Waals surface area (Å²) in [5.74, 6) is 0.162. The van der Waals surface area contributed by atoms with Crippen LogP contribution in [0.25, 0.3) is 0 Å². The summed E-state index contributed by atoms with van der Waals surface area (Å²) in [5, 5.41) is 22.0. The van der Waals surface area contributed by atoms with E-state index in [1.54, 1.807) is 0 Å². The van der Waals surface area contributed by atoms with E-state index in [9.17, 15) is 15.0 Å².